The third-order valence-corrected chi connectivity index (χ3v) is 2.06. The molecule has 0 N–H and O–H groups in total. The van der Waals surface area contributed by atoms with Crippen molar-refractivity contribution in [3.8, 4) is 5.75 Å². The lowest BCUT2D eigenvalue weighted by atomic mass is 10.2. The van der Waals surface area contributed by atoms with E-state index in [0.29, 0.717) is 13.0 Å². The molecule has 1 aromatic heterocycles. The van der Waals surface area contributed by atoms with Crippen molar-refractivity contribution in [1.29, 1.82) is 0 Å². The molecule has 4 heteroatoms. The Bertz CT molecular complexity index is 315. The monoisotopic (exact) mass is 257 g/mol. The second-order valence-corrected chi connectivity index (χ2v) is 3.91. The molecule has 0 aliphatic heterocycles. The lowest BCUT2D eigenvalue weighted by Gasteiger charge is -2.04. The number of nitrogens with zero attached hydrogens (tertiary/aromatic N) is 1. The van der Waals surface area contributed by atoms with E-state index < -0.39 is 0 Å². The molecule has 0 amide bonds. The highest BCUT2D eigenvalue weighted by Crippen LogP contribution is 2.15. The summed E-state index contributed by atoms with van der Waals surface area (Å²) in [6.07, 6.45) is 4.67. The van der Waals surface area contributed by atoms with Gasteiger partial charge in [-0.15, -0.1) is 0 Å². The molecule has 0 aliphatic carbocycles. The molecule has 0 atom stereocenters. The number of carbonyl (C=O) groups excluding carboxylic acids is 1. The standard InChI is InChI=1S/C10H12BrNO2/c1-8(13)3-2-4-14-10-5-9(11)6-12-7-10/h5-7H,2-4H2,1H3. The summed E-state index contributed by atoms with van der Waals surface area (Å²) < 4.78 is 6.28. The van der Waals surface area contributed by atoms with Gasteiger partial charge in [-0.25, -0.2) is 0 Å². The van der Waals surface area contributed by atoms with Gasteiger partial charge in [0.05, 0.1) is 12.8 Å². The summed E-state index contributed by atoms with van der Waals surface area (Å²) in [7, 11) is 0. The van der Waals surface area contributed by atoms with Crippen LogP contribution in [0.15, 0.2) is 22.9 Å². The quantitative estimate of drug-likeness (QED) is 0.762. The molecule has 0 saturated heterocycles. The summed E-state index contributed by atoms with van der Waals surface area (Å²) in [5.74, 6) is 0.920. The van der Waals surface area contributed by atoms with Crippen LogP contribution in [0.5, 0.6) is 5.75 Å². The van der Waals surface area contributed by atoms with E-state index >= 15 is 0 Å². The minimum absolute atomic E-state index is 0.195. The van der Waals surface area contributed by atoms with Gasteiger partial charge in [0.25, 0.3) is 0 Å². The summed E-state index contributed by atoms with van der Waals surface area (Å²) >= 11 is 3.30. The van der Waals surface area contributed by atoms with Gasteiger partial charge in [-0.2, -0.15) is 0 Å². The van der Waals surface area contributed by atoms with Gasteiger partial charge in [0, 0.05) is 17.1 Å². The number of halogens is 1. The zero-order valence-electron chi connectivity index (χ0n) is 8.00. The van der Waals surface area contributed by atoms with Gasteiger partial charge >= 0.3 is 0 Å². The normalized spacial score (nSPS) is 9.86. The first kappa shape index (κ1) is 11.2. The number of ketones is 1. The highest BCUT2D eigenvalue weighted by molar-refractivity contribution is 9.10. The van der Waals surface area contributed by atoms with E-state index in [-0.39, 0.29) is 5.78 Å². The maximum atomic E-state index is 10.6. The van der Waals surface area contributed by atoms with Crippen LogP contribution in [0, 0.1) is 0 Å². The number of aromatic nitrogens is 1. The molecule has 0 fully saturated rings. The molecule has 0 saturated carbocycles. The molecule has 3 nitrogen and oxygen atoms in total. The highest BCUT2D eigenvalue weighted by Gasteiger charge is 1.97. The fourth-order valence-electron chi connectivity index (χ4n) is 0.982. The maximum absolute atomic E-state index is 10.6. The topological polar surface area (TPSA) is 39.2 Å². The van der Waals surface area contributed by atoms with E-state index in [1.54, 1.807) is 19.3 Å². The van der Waals surface area contributed by atoms with E-state index in [1.807, 2.05) is 6.07 Å². The highest BCUT2D eigenvalue weighted by atomic mass is 79.9. The van der Waals surface area contributed by atoms with Crippen molar-refractivity contribution in [1.82, 2.24) is 4.98 Å². The first-order valence-electron chi connectivity index (χ1n) is 4.41. The first-order valence-corrected chi connectivity index (χ1v) is 5.20. The van der Waals surface area contributed by atoms with Crippen molar-refractivity contribution in [2.75, 3.05) is 6.61 Å². The van der Waals surface area contributed by atoms with Crippen LogP contribution in [0.4, 0.5) is 0 Å². The smallest absolute Gasteiger partial charge is 0.138 e. The Hall–Kier alpha value is -0.900. The third kappa shape index (κ3) is 4.37. The molecule has 0 aliphatic rings. The Labute approximate surface area is 91.6 Å². The zero-order chi connectivity index (χ0) is 10.4. The van der Waals surface area contributed by atoms with Crippen molar-refractivity contribution in [2.45, 2.75) is 19.8 Å². The molecule has 76 valence electrons. The van der Waals surface area contributed by atoms with E-state index in [4.69, 9.17) is 4.74 Å². The Morgan fingerprint density at radius 2 is 2.36 bits per heavy atom. The average Bonchev–Trinajstić information content (AvgIpc) is 2.12. The lowest BCUT2D eigenvalue weighted by Crippen LogP contribution is -2.00. The van der Waals surface area contributed by atoms with Gasteiger partial charge in [-0.1, -0.05) is 0 Å². The van der Waals surface area contributed by atoms with Crippen molar-refractivity contribution < 1.29 is 9.53 Å². The molecule has 0 spiro atoms. The number of rotatable bonds is 5. The zero-order valence-corrected chi connectivity index (χ0v) is 9.58. The predicted molar refractivity (Wildman–Crippen MR) is 57.3 cm³/mol. The van der Waals surface area contributed by atoms with Gasteiger partial charge in [-0.05, 0) is 35.3 Å². The van der Waals surface area contributed by atoms with Crippen molar-refractivity contribution in [3.63, 3.8) is 0 Å². The van der Waals surface area contributed by atoms with Crippen LogP contribution in [-0.2, 0) is 4.79 Å². The first-order chi connectivity index (χ1) is 6.68. The summed E-state index contributed by atoms with van der Waals surface area (Å²) in [4.78, 5) is 14.6. The van der Waals surface area contributed by atoms with Crippen molar-refractivity contribution in [3.05, 3.63) is 22.9 Å². The van der Waals surface area contributed by atoms with Crippen molar-refractivity contribution >= 4 is 21.7 Å². The fraction of sp³-hybridized carbons (Fsp3) is 0.400. The van der Waals surface area contributed by atoms with Crippen LogP contribution in [0.25, 0.3) is 0 Å². The number of carbonyl (C=O) groups is 1. The summed E-state index contributed by atoms with van der Waals surface area (Å²) in [5.41, 5.74) is 0. The maximum Gasteiger partial charge on any atom is 0.138 e. The number of pyridine rings is 1. The van der Waals surface area contributed by atoms with E-state index in [1.165, 1.54) is 0 Å². The summed E-state index contributed by atoms with van der Waals surface area (Å²) in [5, 5.41) is 0. The van der Waals surface area contributed by atoms with Crippen LogP contribution in [0.1, 0.15) is 19.8 Å². The van der Waals surface area contributed by atoms with Gasteiger partial charge in [0.15, 0.2) is 0 Å². The van der Waals surface area contributed by atoms with Crippen LogP contribution in [-0.4, -0.2) is 17.4 Å². The number of hydrogen-bond donors (Lipinski definition) is 0. The second-order valence-electron chi connectivity index (χ2n) is 2.99. The van der Waals surface area contributed by atoms with Crippen LogP contribution in [0.2, 0.25) is 0 Å². The molecule has 0 unspecified atom stereocenters. The van der Waals surface area contributed by atoms with Gasteiger partial charge in [0.1, 0.15) is 11.5 Å². The van der Waals surface area contributed by atoms with Crippen molar-refractivity contribution in [2.24, 2.45) is 0 Å². The molecule has 0 aromatic carbocycles. The second kappa shape index (κ2) is 5.75. The van der Waals surface area contributed by atoms with Gasteiger partial charge < -0.3 is 9.53 Å². The van der Waals surface area contributed by atoms with Crippen LogP contribution in [0.3, 0.4) is 0 Å². The Balaban J connectivity index is 2.28. The third-order valence-electron chi connectivity index (χ3n) is 1.62. The number of ether oxygens (including phenoxy) is 1. The van der Waals surface area contributed by atoms with Gasteiger partial charge in [-0.3, -0.25) is 4.98 Å². The predicted octanol–water partition coefficient (Wildman–Crippen LogP) is 2.59. The van der Waals surface area contributed by atoms with Crippen LogP contribution >= 0.6 is 15.9 Å². The fourth-order valence-corrected chi connectivity index (χ4v) is 1.33. The molecular formula is C10H12BrNO2. The average molecular weight is 258 g/mol. The Kier molecular flexibility index (Phi) is 4.59. The molecular weight excluding hydrogens is 246 g/mol. The molecule has 0 radical (unpaired) electrons. The largest absolute Gasteiger partial charge is 0.492 e. The summed E-state index contributed by atoms with van der Waals surface area (Å²) in [6.45, 7) is 2.14. The molecule has 1 aromatic rings. The Morgan fingerprint density at radius 1 is 1.57 bits per heavy atom. The Morgan fingerprint density at radius 3 is 3.00 bits per heavy atom. The molecule has 14 heavy (non-hydrogen) atoms. The molecule has 1 rings (SSSR count). The number of hydrogen-bond acceptors (Lipinski definition) is 3. The molecule has 0 bridgehead atoms. The molecule has 1 heterocycles. The SMILES string of the molecule is CC(=O)CCCOc1cncc(Br)c1. The van der Waals surface area contributed by atoms with Crippen LogP contribution < -0.4 is 4.74 Å². The van der Waals surface area contributed by atoms with Gasteiger partial charge in [0.2, 0.25) is 0 Å². The number of Topliss-reactive ketones (excluding diaryl/α,β-unsaturated/α-hetero) is 1. The minimum Gasteiger partial charge on any atom is -0.492 e. The van der Waals surface area contributed by atoms with E-state index in [0.717, 1.165) is 16.6 Å². The van der Waals surface area contributed by atoms with E-state index in [2.05, 4.69) is 20.9 Å². The minimum atomic E-state index is 0.195. The summed E-state index contributed by atoms with van der Waals surface area (Å²) in [6, 6.07) is 1.85. The lowest BCUT2D eigenvalue weighted by molar-refractivity contribution is -0.117. The van der Waals surface area contributed by atoms with E-state index in [9.17, 15) is 4.79 Å².